The fourth-order valence-electron chi connectivity index (χ4n) is 2.20. The molecule has 0 spiro atoms. The molecule has 25 heavy (non-hydrogen) atoms. The van der Waals surface area contributed by atoms with Gasteiger partial charge in [-0.15, -0.1) is 0 Å². The third-order valence-electron chi connectivity index (χ3n) is 3.39. The Labute approximate surface area is 153 Å². The Balaban J connectivity index is 2.14. The number of benzene rings is 1. The maximum atomic E-state index is 12.5. The first kappa shape index (κ1) is 18.9. The lowest BCUT2D eigenvalue weighted by molar-refractivity contribution is -0.146. The number of allylic oxidation sites excluding steroid dienone is 2. The van der Waals surface area contributed by atoms with Crippen molar-refractivity contribution in [3.63, 3.8) is 0 Å². The van der Waals surface area contributed by atoms with Crippen LogP contribution in [0.5, 0.6) is 0 Å². The van der Waals surface area contributed by atoms with Crippen molar-refractivity contribution >= 4 is 52.2 Å². The molecule has 1 saturated heterocycles. The molecule has 1 unspecified atom stereocenters. The van der Waals surface area contributed by atoms with Gasteiger partial charge in [-0.2, -0.15) is 0 Å². The van der Waals surface area contributed by atoms with Gasteiger partial charge in [-0.25, -0.2) is 4.79 Å². The monoisotopic (exact) mass is 377 g/mol. The largest absolute Gasteiger partial charge is 0.481 e. The summed E-state index contributed by atoms with van der Waals surface area (Å²) in [6.45, 7) is 0. The Kier molecular flexibility index (Phi) is 6.49. The van der Waals surface area contributed by atoms with E-state index < -0.39 is 23.9 Å². The van der Waals surface area contributed by atoms with E-state index in [0.717, 1.165) is 22.2 Å². The third-order valence-corrected chi connectivity index (χ3v) is 4.74. The van der Waals surface area contributed by atoms with E-state index in [1.807, 2.05) is 36.4 Å². The number of aliphatic carboxylic acids is 2. The highest BCUT2D eigenvalue weighted by molar-refractivity contribution is 8.26. The summed E-state index contributed by atoms with van der Waals surface area (Å²) in [5.74, 6) is -2.93. The van der Waals surface area contributed by atoms with E-state index in [2.05, 4.69) is 0 Å². The predicted molar refractivity (Wildman–Crippen MR) is 98.9 cm³/mol. The molecule has 1 aromatic carbocycles. The molecule has 8 heteroatoms. The van der Waals surface area contributed by atoms with Gasteiger partial charge in [0.05, 0.1) is 4.91 Å². The van der Waals surface area contributed by atoms with Crippen molar-refractivity contribution in [2.45, 2.75) is 18.9 Å². The molecular weight excluding hydrogens is 362 g/mol. The van der Waals surface area contributed by atoms with Crippen molar-refractivity contribution in [1.82, 2.24) is 4.90 Å². The van der Waals surface area contributed by atoms with Crippen molar-refractivity contribution in [1.29, 1.82) is 0 Å². The van der Waals surface area contributed by atoms with Gasteiger partial charge in [0, 0.05) is 6.42 Å². The minimum absolute atomic E-state index is 0.113. The summed E-state index contributed by atoms with van der Waals surface area (Å²) < 4.78 is 0.113. The van der Waals surface area contributed by atoms with E-state index in [4.69, 9.17) is 17.3 Å². The first-order valence-corrected chi connectivity index (χ1v) is 8.56. The summed E-state index contributed by atoms with van der Waals surface area (Å²) in [5.41, 5.74) is 0.957. The van der Waals surface area contributed by atoms with E-state index in [0.29, 0.717) is 4.91 Å². The summed E-state index contributed by atoms with van der Waals surface area (Å²) in [4.78, 5) is 35.8. The molecule has 1 aliphatic rings. The number of carboxylic acids is 2. The Morgan fingerprint density at radius 2 is 1.92 bits per heavy atom. The molecule has 1 aromatic rings. The van der Waals surface area contributed by atoms with Crippen LogP contribution in [-0.4, -0.2) is 43.3 Å². The van der Waals surface area contributed by atoms with Crippen LogP contribution in [0.3, 0.4) is 0 Å². The number of hydrogen-bond acceptors (Lipinski definition) is 5. The average molecular weight is 377 g/mol. The number of carbonyl (C=O) groups is 3. The number of thiocarbonyl (C=S) groups is 1. The van der Waals surface area contributed by atoms with Crippen molar-refractivity contribution < 1.29 is 24.6 Å². The summed E-state index contributed by atoms with van der Waals surface area (Å²) in [5, 5.41) is 18.0. The summed E-state index contributed by atoms with van der Waals surface area (Å²) in [6.07, 6.45) is 4.51. The molecular formula is C17H15NO5S2. The fraction of sp³-hybridized carbons (Fsp3) is 0.176. The van der Waals surface area contributed by atoms with Crippen LogP contribution in [-0.2, 0) is 14.4 Å². The zero-order chi connectivity index (χ0) is 18.4. The van der Waals surface area contributed by atoms with Crippen LogP contribution in [0.15, 0.2) is 47.4 Å². The highest BCUT2D eigenvalue weighted by Crippen LogP contribution is 2.33. The van der Waals surface area contributed by atoms with Crippen molar-refractivity contribution in [2.24, 2.45) is 0 Å². The summed E-state index contributed by atoms with van der Waals surface area (Å²) in [6, 6.07) is 8.20. The molecule has 0 aliphatic carbocycles. The SMILES string of the molecule is O=C(O)CCC(C(=O)O)N1C(=O)C(=CC=Cc2ccccc2)SC1=S. The van der Waals surface area contributed by atoms with Crippen LogP contribution in [0.2, 0.25) is 0 Å². The number of hydrogen-bond donors (Lipinski definition) is 2. The lowest BCUT2D eigenvalue weighted by Gasteiger charge is -2.22. The molecule has 1 fully saturated rings. The number of carbonyl (C=O) groups excluding carboxylic acids is 1. The molecule has 6 nitrogen and oxygen atoms in total. The lowest BCUT2D eigenvalue weighted by atomic mass is 10.1. The molecule has 0 saturated carbocycles. The highest BCUT2D eigenvalue weighted by atomic mass is 32.2. The smallest absolute Gasteiger partial charge is 0.326 e. The summed E-state index contributed by atoms with van der Waals surface area (Å²) in [7, 11) is 0. The number of amides is 1. The Morgan fingerprint density at radius 3 is 2.52 bits per heavy atom. The maximum absolute atomic E-state index is 12.5. The molecule has 0 aromatic heterocycles. The molecule has 0 bridgehead atoms. The zero-order valence-electron chi connectivity index (χ0n) is 13.0. The lowest BCUT2D eigenvalue weighted by Crippen LogP contribution is -2.44. The van der Waals surface area contributed by atoms with Crippen molar-refractivity contribution in [2.75, 3.05) is 0 Å². The second-order valence-electron chi connectivity index (χ2n) is 5.13. The maximum Gasteiger partial charge on any atom is 0.326 e. The molecule has 1 heterocycles. The standard InChI is InChI=1S/C17H15NO5S2/c19-14(20)10-9-12(16(22)23)18-15(21)13(25-17(18)24)8-4-7-11-5-2-1-3-6-11/h1-8,12H,9-10H2,(H,19,20)(H,22,23). The number of rotatable bonds is 7. The number of nitrogens with zero attached hydrogens (tertiary/aromatic N) is 1. The van der Waals surface area contributed by atoms with Crippen LogP contribution in [0.25, 0.3) is 6.08 Å². The summed E-state index contributed by atoms with van der Waals surface area (Å²) >= 11 is 6.11. The predicted octanol–water partition coefficient (Wildman–Crippen LogP) is 2.76. The zero-order valence-corrected chi connectivity index (χ0v) is 14.6. The molecule has 130 valence electrons. The second kappa shape index (κ2) is 8.59. The van der Waals surface area contributed by atoms with Gasteiger partial charge in [0.15, 0.2) is 0 Å². The van der Waals surface area contributed by atoms with Gasteiger partial charge in [0.25, 0.3) is 5.91 Å². The van der Waals surface area contributed by atoms with Crippen LogP contribution < -0.4 is 0 Å². The van der Waals surface area contributed by atoms with Gasteiger partial charge in [-0.1, -0.05) is 66.5 Å². The molecule has 1 atom stereocenters. The van der Waals surface area contributed by atoms with Gasteiger partial charge in [0.1, 0.15) is 10.4 Å². The minimum Gasteiger partial charge on any atom is -0.481 e. The Bertz CT molecular complexity index is 758. The van der Waals surface area contributed by atoms with E-state index >= 15 is 0 Å². The van der Waals surface area contributed by atoms with Gasteiger partial charge in [0.2, 0.25) is 0 Å². The van der Waals surface area contributed by atoms with E-state index in [9.17, 15) is 19.5 Å². The Morgan fingerprint density at radius 1 is 1.24 bits per heavy atom. The number of carboxylic acid groups (broad SMARTS) is 2. The van der Waals surface area contributed by atoms with Crippen LogP contribution in [0.4, 0.5) is 0 Å². The molecule has 2 rings (SSSR count). The van der Waals surface area contributed by atoms with E-state index in [1.54, 1.807) is 12.2 Å². The van der Waals surface area contributed by atoms with E-state index in [-0.39, 0.29) is 17.2 Å². The molecule has 1 amide bonds. The second-order valence-corrected chi connectivity index (χ2v) is 6.81. The molecule has 0 radical (unpaired) electrons. The fourth-order valence-corrected chi connectivity index (χ4v) is 3.50. The normalized spacial score (nSPS) is 17.4. The average Bonchev–Trinajstić information content (AvgIpc) is 2.83. The highest BCUT2D eigenvalue weighted by Gasteiger charge is 2.40. The van der Waals surface area contributed by atoms with E-state index in [1.165, 1.54) is 0 Å². The first-order chi connectivity index (χ1) is 11.9. The van der Waals surface area contributed by atoms with Gasteiger partial charge in [-0.05, 0) is 18.1 Å². The van der Waals surface area contributed by atoms with Gasteiger partial charge < -0.3 is 10.2 Å². The van der Waals surface area contributed by atoms with Gasteiger partial charge >= 0.3 is 11.9 Å². The Hall–Kier alpha value is -2.45. The topological polar surface area (TPSA) is 94.9 Å². The third kappa shape index (κ3) is 5.01. The quantitative estimate of drug-likeness (QED) is 0.557. The van der Waals surface area contributed by atoms with Crippen molar-refractivity contribution in [3.05, 3.63) is 53.0 Å². The van der Waals surface area contributed by atoms with Crippen molar-refractivity contribution in [3.8, 4) is 0 Å². The van der Waals surface area contributed by atoms with Crippen LogP contribution >= 0.6 is 24.0 Å². The molecule has 2 N–H and O–H groups in total. The minimum atomic E-state index is -1.28. The number of thioether (sulfide) groups is 1. The van der Waals surface area contributed by atoms with Crippen LogP contribution in [0.1, 0.15) is 18.4 Å². The molecule has 1 aliphatic heterocycles. The van der Waals surface area contributed by atoms with Crippen LogP contribution in [0, 0.1) is 0 Å². The first-order valence-electron chi connectivity index (χ1n) is 7.33. The van der Waals surface area contributed by atoms with Gasteiger partial charge in [-0.3, -0.25) is 14.5 Å².